The molecule has 124 valence electrons. The number of amides is 1. The third-order valence-electron chi connectivity index (χ3n) is 3.96. The second-order valence-corrected chi connectivity index (χ2v) is 5.52. The molecule has 0 spiro atoms. The fraction of sp³-hybridized carbons (Fsp3) is 0.538. The van der Waals surface area contributed by atoms with Crippen molar-refractivity contribution in [3.63, 3.8) is 0 Å². The summed E-state index contributed by atoms with van der Waals surface area (Å²) in [6.45, 7) is 0. The molecule has 0 saturated heterocycles. The first-order valence-corrected chi connectivity index (χ1v) is 7.21. The molecule has 3 rings (SSSR count). The van der Waals surface area contributed by atoms with Crippen LogP contribution in [0.15, 0.2) is 18.7 Å². The summed E-state index contributed by atoms with van der Waals surface area (Å²) in [5.41, 5.74) is -1.28. The molecular formula is C13H15F3N6O. The van der Waals surface area contributed by atoms with Gasteiger partial charge in [0.05, 0.1) is 6.04 Å². The zero-order chi connectivity index (χ0) is 16.4. The maximum atomic E-state index is 12.5. The Morgan fingerprint density at radius 2 is 2.04 bits per heavy atom. The van der Waals surface area contributed by atoms with Crippen molar-refractivity contribution < 1.29 is 18.0 Å². The summed E-state index contributed by atoms with van der Waals surface area (Å²) in [4.78, 5) is 15.9. The van der Waals surface area contributed by atoms with Crippen molar-refractivity contribution in [3.8, 4) is 0 Å². The molecule has 2 aromatic rings. The smallest absolute Gasteiger partial charge is 0.348 e. The van der Waals surface area contributed by atoms with Crippen LogP contribution < -0.4 is 5.32 Å². The van der Waals surface area contributed by atoms with E-state index in [2.05, 4.69) is 20.5 Å². The Labute approximate surface area is 129 Å². The highest BCUT2D eigenvalue weighted by atomic mass is 19.4. The Bertz CT molecular complexity index is 658. The molecule has 2 N–H and O–H groups in total. The van der Waals surface area contributed by atoms with E-state index in [-0.39, 0.29) is 17.8 Å². The molecule has 7 nitrogen and oxygen atoms in total. The van der Waals surface area contributed by atoms with Crippen LogP contribution in [0.5, 0.6) is 0 Å². The van der Waals surface area contributed by atoms with E-state index in [4.69, 9.17) is 0 Å². The lowest BCUT2D eigenvalue weighted by Crippen LogP contribution is -2.38. The van der Waals surface area contributed by atoms with Crippen LogP contribution in [0.1, 0.15) is 47.9 Å². The second kappa shape index (κ2) is 6.01. The molecule has 0 aromatic carbocycles. The Morgan fingerprint density at radius 3 is 2.61 bits per heavy atom. The van der Waals surface area contributed by atoms with Gasteiger partial charge in [-0.3, -0.25) is 9.89 Å². The standard InChI is InChI=1S/C13H15F3N6O/c14-13(15,16)11-5-10(20-21-11)12(23)19-8-1-3-9(4-2-8)22-7-17-6-18-22/h5-9H,1-4H2,(H,19,23)(H,20,21). The summed E-state index contributed by atoms with van der Waals surface area (Å²) in [6.07, 6.45) is 1.70. The number of hydrogen-bond donors (Lipinski definition) is 2. The molecule has 1 aliphatic rings. The van der Waals surface area contributed by atoms with Gasteiger partial charge in [-0.2, -0.15) is 23.4 Å². The molecule has 0 bridgehead atoms. The van der Waals surface area contributed by atoms with E-state index < -0.39 is 17.8 Å². The molecule has 0 unspecified atom stereocenters. The lowest BCUT2D eigenvalue weighted by atomic mass is 9.91. The molecule has 2 heterocycles. The van der Waals surface area contributed by atoms with Gasteiger partial charge in [0.25, 0.3) is 5.91 Å². The van der Waals surface area contributed by atoms with E-state index in [0.717, 1.165) is 31.7 Å². The van der Waals surface area contributed by atoms with Gasteiger partial charge in [0.15, 0.2) is 5.69 Å². The summed E-state index contributed by atoms with van der Waals surface area (Å²) >= 11 is 0. The predicted molar refractivity (Wildman–Crippen MR) is 72.4 cm³/mol. The summed E-state index contributed by atoms with van der Waals surface area (Å²) in [7, 11) is 0. The maximum Gasteiger partial charge on any atom is 0.432 e. The van der Waals surface area contributed by atoms with Crippen molar-refractivity contribution in [3.05, 3.63) is 30.1 Å². The Hall–Kier alpha value is -2.39. The summed E-state index contributed by atoms with van der Waals surface area (Å²) in [5, 5.41) is 12.1. The second-order valence-electron chi connectivity index (χ2n) is 5.52. The number of nitrogens with zero attached hydrogens (tertiary/aromatic N) is 4. The molecule has 2 aromatic heterocycles. The normalized spacial score (nSPS) is 22.0. The van der Waals surface area contributed by atoms with Crippen molar-refractivity contribution in [2.45, 2.75) is 43.9 Å². The Balaban J connectivity index is 1.54. The van der Waals surface area contributed by atoms with Crippen molar-refractivity contribution >= 4 is 5.91 Å². The molecule has 1 aliphatic carbocycles. The van der Waals surface area contributed by atoms with Gasteiger partial charge in [-0.1, -0.05) is 0 Å². The van der Waals surface area contributed by atoms with Gasteiger partial charge in [-0.15, -0.1) is 0 Å². The van der Waals surface area contributed by atoms with Crippen LogP contribution in [0, 0.1) is 0 Å². The third kappa shape index (κ3) is 3.51. The van der Waals surface area contributed by atoms with Crippen LogP contribution in [-0.4, -0.2) is 36.9 Å². The number of H-pyrrole nitrogens is 1. The average molecular weight is 328 g/mol. The van der Waals surface area contributed by atoms with E-state index in [1.54, 1.807) is 11.0 Å². The van der Waals surface area contributed by atoms with E-state index in [1.165, 1.54) is 6.33 Å². The minimum atomic E-state index is -4.54. The third-order valence-corrected chi connectivity index (χ3v) is 3.96. The van der Waals surface area contributed by atoms with Crippen LogP contribution in [0.2, 0.25) is 0 Å². The summed E-state index contributed by atoms with van der Waals surface area (Å²) in [5.74, 6) is -0.596. The molecule has 10 heteroatoms. The van der Waals surface area contributed by atoms with E-state index in [9.17, 15) is 18.0 Å². The Morgan fingerprint density at radius 1 is 1.30 bits per heavy atom. The van der Waals surface area contributed by atoms with Crippen molar-refractivity contribution in [1.82, 2.24) is 30.3 Å². The SMILES string of the molecule is O=C(NC1CCC(n2cncn2)CC1)c1cc(C(F)(F)F)[nH]n1. The largest absolute Gasteiger partial charge is 0.432 e. The van der Waals surface area contributed by atoms with Crippen LogP contribution in [0.3, 0.4) is 0 Å². The maximum absolute atomic E-state index is 12.5. The highest BCUT2D eigenvalue weighted by Gasteiger charge is 2.34. The molecule has 1 amide bonds. The van der Waals surface area contributed by atoms with Crippen LogP contribution >= 0.6 is 0 Å². The van der Waals surface area contributed by atoms with Gasteiger partial charge >= 0.3 is 6.18 Å². The van der Waals surface area contributed by atoms with Gasteiger partial charge in [0.1, 0.15) is 18.3 Å². The Kier molecular flexibility index (Phi) is 4.05. The number of rotatable bonds is 3. The van der Waals surface area contributed by atoms with Crippen molar-refractivity contribution in [2.75, 3.05) is 0 Å². The molecule has 0 aliphatic heterocycles. The first-order chi connectivity index (χ1) is 10.9. The first-order valence-electron chi connectivity index (χ1n) is 7.21. The molecule has 1 fully saturated rings. The predicted octanol–water partition coefficient (Wildman–Crippen LogP) is 1.93. The van der Waals surface area contributed by atoms with Gasteiger partial charge in [-0.25, -0.2) is 9.67 Å². The van der Waals surface area contributed by atoms with Gasteiger partial charge in [-0.05, 0) is 25.7 Å². The fourth-order valence-corrected chi connectivity index (χ4v) is 2.73. The number of halogens is 3. The average Bonchev–Trinajstić information content (AvgIpc) is 3.19. The van der Waals surface area contributed by atoms with Crippen LogP contribution in [0.25, 0.3) is 0 Å². The first kappa shape index (κ1) is 15.5. The monoisotopic (exact) mass is 328 g/mol. The lowest BCUT2D eigenvalue weighted by molar-refractivity contribution is -0.141. The topological polar surface area (TPSA) is 88.5 Å². The van der Waals surface area contributed by atoms with E-state index in [1.807, 2.05) is 5.10 Å². The highest BCUT2D eigenvalue weighted by Crippen LogP contribution is 2.29. The number of nitrogens with one attached hydrogen (secondary N) is 2. The van der Waals surface area contributed by atoms with Crippen molar-refractivity contribution in [2.24, 2.45) is 0 Å². The lowest BCUT2D eigenvalue weighted by Gasteiger charge is -2.28. The van der Waals surface area contributed by atoms with E-state index >= 15 is 0 Å². The number of aromatic nitrogens is 5. The van der Waals surface area contributed by atoms with Crippen LogP contribution in [0.4, 0.5) is 13.2 Å². The van der Waals surface area contributed by atoms with Crippen LogP contribution in [-0.2, 0) is 6.18 Å². The zero-order valence-electron chi connectivity index (χ0n) is 12.0. The molecular weight excluding hydrogens is 313 g/mol. The molecule has 23 heavy (non-hydrogen) atoms. The minimum absolute atomic E-state index is 0.0756. The zero-order valence-corrected chi connectivity index (χ0v) is 12.0. The molecule has 0 atom stereocenters. The minimum Gasteiger partial charge on any atom is -0.348 e. The number of carbonyl (C=O) groups excluding carboxylic acids is 1. The number of alkyl halides is 3. The quantitative estimate of drug-likeness (QED) is 0.901. The molecule has 1 saturated carbocycles. The number of carbonyl (C=O) groups is 1. The molecule has 0 radical (unpaired) electrons. The van der Waals surface area contributed by atoms with Crippen molar-refractivity contribution in [1.29, 1.82) is 0 Å². The van der Waals surface area contributed by atoms with Gasteiger partial charge in [0.2, 0.25) is 0 Å². The van der Waals surface area contributed by atoms with Gasteiger partial charge < -0.3 is 5.32 Å². The van der Waals surface area contributed by atoms with E-state index in [0.29, 0.717) is 0 Å². The highest BCUT2D eigenvalue weighted by molar-refractivity contribution is 5.92. The fourth-order valence-electron chi connectivity index (χ4n) is 2.73. The number of aromatic amines is 1. The summed E-state index contributed by atoms with van der Waals surface area (Å²) < 4.78 is 39.2. The van der Waals surface area contributed by atoms with Gasteiger partial charge in [0, 0.05) is 12.1 Å². The number of hydrogen-bond acceptors (Lipinski definition) is 4. The summed E-state index contributed by atoms with van der Waals surface area (Å²) in [6, 6.07) is 0.886.